The Kier molecular flexibility index (Phi) is 6.82. The molecule has 3 aromatic rings. The third kappa shape index (κ3) is 4.74. The fraction of sp³-hybridized carbons (Fsp3) is 0.409. The van der Waals surface area contributed by atoms with Crippen molar-refractivity contribution >= 4 is 29.0 Å². The van der Waals surface area contributed by atoms with E-state index in [1.165, 1.54) is 36.7 Å². The van der Waals surface area contributed by atoms with Crippen LogP contribution in [0, 0.1) is 0 Å². The van der Waals surface area contributed by atoms with Crippen LogP contribution in [-0.2, 0) is 6.42 Å². The number of aryl methyl sites for hydroxylation is 1. The second-order valence-corrected chi connectivity index (χ2v) is 7.21. The average Bonchev–Trinajstić information content (AvgIpc) is 3.20. The fourth-order valence-corrected chi connectivity index (χ4v) is 3.75. The molecule has 0 saturated heterocycles. The van der Waals surface area contributed by atoms with E-state index in [9.17, 15) is 0 Å². The monoisotopic (exact) mass is 393 g/mol. The SMILES string of the molecule is CCCNC1CC(CC)=Cc2cccc(CC)c21.Nc1nc(N)c2[nH]cnc2n1. The molecule has 1 aliphatic rings. The largest absolute Gasteiger partial charge is 0.382 e. The van der Waals surface area contributed by atoms with Crippen molar-refractivity contribution < 1.29 is 0 Å². The van der Waals surface area contributed by atoms with Crippen LogP contribution >= 0.6 is 0 Å². The number of anilines is 2. The van der Waals surface area contributed by atoms with Gasteiger partial charge < -0.3 is 21.8 Å². The smallest absolute Gasteiger partial charge is 0.224 e. The normalized spacial score (nSPS) is 15.4. The van der Waals surface area contributed by atoms with Crippen molar-refractivity contribution in [3.05, 3.63) is 46.8 Å². The number of aromatic nitrogens is 4. The minimum atomic E-state index is 0.141. The lowest BCUT2D eigenvalue weighted by Crippen LogP contribution is -2.26. The van der Waals surface area contributed by atoms with Gasteiger partial charge in [0.15, 0.2) is 11.5 Å². The van der Waals surface area contributed by atoms with Crippen molar-refractivity contribution in [2.75, 3.05) is 18.0 Å². The van der Waals surface area contributed by atoms with Gasteiger partial charge in [0.25, 0.3) is 0 Å². The molecule has 7 nitrogen and oxygen atoms in total. The van der Waals surface area contributed by atoms with Gasteiger partial charge in [0.2, 0.25) is 5.95 Å². The van der Waals surface area contributed by atoms with E-state index in [0.717, 1.165) is 13.0 Å². The van der Waals surface area contributed by atoms with Gasteiger partial charge in [0.05, 0.1) is 6.33 Å². The zero-order chi connectivity index (χ0) is 20.8. The highest BCUT2D eigenvalue weighted by molar-refractivity contribution is 5.81. The molecule has 1 aromatic carbocycles. The Hall–Kier alpha value is -2.93. The van der Waals surface area contributed by atoms with E-state index in [0.29, 0.717) is 23.0 Å². The lowest BCUT2D eigenvalue weighted by atomic mass is 9.83. The van der Waals surface area contributed by atoms with Gasteiger partial charge >= 0.3 is 0 Å². The van der Waals surface area contributed by atoms with E-state index in [1.54, 1.807) is 11.1 Å². The molecule has 0 saturated carbocycles. The first kappa shape index (κ1) is 20.8. The van der Waals surface area contributed by atoms with Crippen LogP contribution in [0.25, 0.3) is 17.2 Å². The van der Waals surface area contributed by atoms with Gasteiger partial charge in [-0.15, -0.1) is 0 Å². The average molecular weight is 394 g/mol. The van der Waals surface area contributed by atoms with Crippen LogP contribution in [0.1, 0.15) is 62.8 Å². The second kappa shape index (κ2) is 9.52. The number of nitrogens with one attached hydrogen (secondary N) is 2. The Morgan fingerprint density at radius 3 is 2.69 bits per heavy atom. The molecule has 0 radical (unpaired) electrons. The predicted molar refractivity (Wildman–Crippen MR) is 120 cm³/mol. The third-order valence-corrected chi connectivity index (χ3v) is 5.21. The number of nitrogens with zero attached hydrogens (tertiary/aromatic N) is 3. The molecule has 0 amide bonds. The first-order chi connectivity index (χ1) is 14.1. The Balaban J connectivity index is 0.000000186. The number of hydrogen-bond donors (Lipinski definition) is 4. The summed E-state index contributed by atoms with van der Waals surface area (Å²) >= 11 is 0. The summed E-state index contributed by atoms with van der Waals surface area (Å²) < 4.78 is 0. The molecular weight excluding hydrogens is 362 g/mol. The van der Waals surface area contributed by atoms with E-state index >= 15 is 0 Å². The summed E-state index contributed by atoms with van der Waals surface area (Å²) in [4.78, 5) is 14.3. The van der Waals surface area contributed by atoms with Crippen molar-refractivity contribution in [2.45, 2.75) is 52.5 Å². The highest BCUT2D eigenvalue weighted by atomic mass is 15.1. The van der Waals surface area contributed by atoms with Gasteiger partial charge in [-0.1, -0.05) is 50.6 Å². The lowest BCUT2D eigenvalue weighted by Gasteiger charge is -2.28. The molecule has 29 heavy (non-hydrogen) atoms. The van der Waals surface area contributed by atoms with E-state index < -0.39 is 0 Å². The summed E-state index contributed by atoms with van der Waals surface area (Å²) in [5.74, 6) is 0.465. The maximum Gasteiger partial charge on any atom is 0.224 e. The number of nitrogens with two attached hydrogens (primary N) is 2. The van der Waals surface area contributed by atoms with Crippen LogP contribution in [0.5, 0.6) is 0 Å². The molecule has 1 aliphatic carbocycles. The maximum atomic E-state index is 5.50. The zero-order valence-corrected chi connectivity index (χ0v) is 17.5. The van der Waals surface area contributed by atoms with Crippen molar-refractivity contribution in [1.29, 1.82) is 0 Å². The molecule has 6 N–H and O–H groups in total. The number of imidazole rings is 1. The summed E-state index contributed by atoms with van der Waals surface area (Å²) in [6.45, 7) is 7.86. The Labute approximate surface area is 172 Å². The minimum Gasteiger partial charge on any atom is -0.382 e. The van der Waals surface area contributed by atoms with E-state index in [2.05, 4.69) is 70.3 Å². The molecule has 2 heterocycles. The van der Waals surface area contributed by atoms with Gasteiger partial charge in [0, 0.05) is 6.04 Å². The van der Waals surface area contributed by atoms with Gasteiger partial charge in [-0.3, -0.25) is 0 Å². The lowest BCUT2D eigenvalue weighted by molar-refractivity contribution is 0.515. The van der Waals surface area contributed by atoms with Gasteiger partial charge in [0.1, 0.15) is 5.52 Å². The first-order valence-electron chi connectivity index (χ1n) is 10.3. The highest BCUT2D eigenvalue weighted by Gasteiger charge is 2.22. The summed E-state index contributed by atoms with van der Waals surface area (Å²) in [5.41, 5.74) is 18.0. The van der Waals surface area contributed by atoms with Crippen molar-refractivity contribution in [1.82, 2.24) is 25.3 Å². The first-order valence-corrected chi connectivity index (χ1v) is 10.3. The molecule has 4 rings (SSSR count). The summed E-state index contributed by atoms with van der Waals surface area (Å²) in [6, 6.07) is 7.27. The molecule has 1 unspecified atom stereocenters. The topological polar surface area (TPSA) is 119 Å². The highest BCUT2D eigenvalue weighted by Crippen LogP contribution is 2.35. The number of H-pyrrole nitrogens is 1. The third-order valence-electron chi connectivity index (χ3n) is 5.21. The molecule has 1 atom stereocenters. The number of aromatic amines is 1. The van der Waals surface area contributed by atoms with Crippen LogP contribution in [0.15, 0.2) is 30.1 Å². The molecule has 0 spiro atoms. The molecule has 7 heteroatoms. The maximum absolute atomic E-state index is 5.50. The van der Waals surface area contributed by atoms with Crippen LogP contribution in [0.3, 0.4) is 0 Å². The summed E-state index contributed by atoms with van der Waals surface area (Å²) in [5, 5.41) is 3.73. The number of hydrogen-bond acceptors (Lipinski definition) is 6. The second-order valence-electron chi connectivity index (χ2n) is 7.21. The predicted octanol–water partition coefficient (Wildman–Crippen LogP) is 4.00. The number of benzene rings is 1. The molecule has 0 aliphatic heterocycles. The van der Waals surface area contributed by atoms with Crippen LogP contribution < -0.4 is 16.8 Å². The molecule has 0 fully saturated rings. The van der Waals surface area contributed by atoms with Crippen LogP contribution in [0.2, 0.25) is 0 Å². The summed E-state index contributed by atoms with van der Waals surface area (Å²) in [7, 11) is 0. The Bertz CT molecular complexity index is 990. The van der Waals surface area contributed by atoms with Crippen molar-refractivity contribution in [3.8, 4) is 0 Å². The zero-order valence-electron chi connectivity index (χ0n) is 17.5. The molecule has 154 valence electrons. The van der Waals surface area contributed by atoms with E-state index in [4.69, 9.17) is 11.5 Å². The van der Waals surface area contributed by atoms with E-state index in [1.807, 2.05) is 0 Å². The van der Waals surface area contributed by atoms with Crippen molar-refractivity contribution in [2.24, 2.45) is 0 Å². The Morgan fingerprint density at radius 1 is 1.14 bits per heavy atom. The van der Waals surface area contributed by atoms with Gasteiger partial charge in [-0.25, -0.2) is 4.98 Å². The number of fused-ring (bicyclic) bond motifs is 2. The quantitative estimate of drug-likeness (QED) is 0.520. The fourth-order valence-electron chi connectivity index (χ4n) is 3.75. The molecule has 2 aromatic heterocycles. The van der Waals surface area contributed by atoms with Gasteiger partial charge in [-0.05, 0) is 48.9 Å². The van der Waals surface area contributed by atoms with Crippen LogP contribution in [-0.4, -0.2) is 26.5 Å². The van der Waals surface area contributed by atoms with E-state index in [-0.39, 0.29) is 5.95 Å². The number of nitrogen functional groups attached to an aromatic ring is 2. The minimum absolute atomic E-state index is 0.141. The standard InChI is InChI=1S/C17H25N.C5H6N6/c1-4-10-18-16-12-13(5-2)11-15-9-7-8-14(6-3)17(15)16;6-3-2-4(9-1-8-2)11-5(7)10-3/h7-9,11,16,18H,4-6,10,12H2,1-3H3;1H,(H5,6,7,8,9,10,11). The molecule has 0 bridgehead atoms. The Morgan fingerprint density at radius 2 is 1.97 bits per heavy atom. The molecular formula is C22H31N7. The van der Waals surface area contributed by atoms with Crippen LogP contribution in [0.4, 0.5) is 11.8 Å². The van der Waals surface area contributed by atoms with Crippen molar-refractivity contribution in [3.63, 3.8) is 0 Å². The number of rotatable bonds is 5. The van der Waals surface area contributed by atoms with Gasteiger partial charge in [-0.2, -0.15) is 9.97 Å². The summed E-state index contributed by atoms with van der Waals surface area (Å²) in [6.07, 6.45) is 8.57.